The van der Waals surface area contributed by atoms with Gasteiger partial charge in [-0.1, -0.05) is 18.2 Å². The molecule has 1 atom stereocenters. The normalized spacial score (nSPS) is 14.8. The van der Waals surface area contributed by atoms with Crippen LogP contribution in [0.5, 0.6) is 0 Å². The highest BCUT2D eigenvalue weighted by molar-refractivity contribution is 5.74. The summed E-state index contributed by atoms with van der Waals surface area (Å²) < 4.78 is 1.77. The van der Waals surface area contributed by atoms with E-state index in [-0.39, 0.29) is 12.1 Å². The molecule has 5 heteroatoms. The highest BCUT2D eigenvalue weighted by Crippen LogP contribution is 2.24. The topological polar surface area (TPSA) is 59.0 Å². The number of aromatic nitrogens is 2. The Bertz CT molecular complexity index is 707. The smallest absolute Gasteiger partial charge is 0.315 e. The van der Waals surface area contributed by atoms with Crippen LogP contribution in [0.4, 0.5) is 4.79 Å². The minimum atomic E-state index is -0.121. The molecule has 2 amide bonds. The maximum atomic E-state index is 12.1. The molecule has 0 saturated carbocycles. The predicted octanol–water partition coefficient (Wildman–Crippen LogP) is 2.90. The van der Waals surface area contributed by atoms with Crippen molar-refractivity contribution in [1.82, 2.24) is 20.4 Å². The van der Waals surface area contributed by atoms with Gasteiger partial charge in [0.25, 0.3) is 0 Å². The number of carbonyl (C=O) groups is 1. The average Bonchev–Trinajstić information content (AvgIpc) is 2.99. The van der Waals surface area contributed by atoms with E-state index in [1.165, 1.54) is 36.0 Å². The summed E-state index contributed by atoms with van der Waals surface area (Å²) in [5, 5.41) is 10.1. The van der Waals surface area contributed by atoms with Gasteiger partial charge in [0, 0.05) is 19.8 Å². The summed E-state index contributed by atoms with van der Waals surface area (Å²) in [6, 6.07) is 6.52. The summed E-state index contributed by atoms with van der Waals surface area (Å²) >= 11 is 0. The maximum absolute atomic E-state index is 12.1. The summed E-state index contributed by atoms with van der Waals surface area (Å²) in [7, 11) is 1.89. The van der Waals surface area contributed by atoms with Gasteiger partial charge in [0.2, 0.25) is 0 Å². The molecular formula is C19H26N4O. The Morgan fingerprint density at radius 1 is 1.29 bits per heavy atom. The van der Waals surface area contributed by atoms with Gasteiger partial charge in [-0.25, -0.2) is 4.79 Å². The summed E-state index contributed by atoms with van der Waals surface area (Å²) in [6.07, 6.45) is 9.49. The van der Waals surface area contributed by atoms with E-state index in [0.717, 1.165) is 18.4 Å². The number of fused-ring (bicyclic) bond motifs is 1. The number of amides is 2. The van der Waals surface area contributed by atoms with Crippen LogP contribution in [0.15, 0.2) is 30.6 Å². The van der Waals surface area contributed by atoms with Crippen LogP contribution >= 0.6 is 0 Å². The van der Waals surface area contributed by atoms with Gasteiger partial charge in [0.1, 0.15) is 0 Å². The van der Waals surface area contributed by atoms with Crippen LogP contribution in [-0.4, -0.2) is 22.4 Å². The molecule has 2 N–H and O–H groups in total. The molecule has 0 aliphatic heterocycles. The van der Waals surface area contributed by atoms with Crippen LogP contribution in [0, 0.1) is 0 Å². The monoisotopic (exact) mass is 326 g/mol. The number of hydrogen-bond donors (Lipinski definition) is 2. The van der Waals surface area contributed by atoms with Crippen molar-refractivity contribution in [2.24, 2.45) is 7.05 Å². The number of hydrogen-bond acceptors (Lipinski definition) is 2. The molecule has 0 fully saturated rings. The molecule has 3 rings (SSSR count). The van der Waals surface area contributed by atoms with E-state index >= 15 is 0 Å². The number of carbonyl (C=O) groups excluding carboxylic acids is 1. The van der Waals surface area contributed by atoms with Crippen LogP contribution in [-0.2, 0) is 26.3 Å². The van der Waals surface area contributed by atoms with Gasteiger partial charge in [-0.3, -0.25) is 4.68 Å². The fraction of sp³-hybridized carbons (Fsp3) is 0.474. The van der Waals surface area contributed by atoms with E-state index in [0.29, 0.717) is 6.54 Å². The molecule has 1 aliphatic carbocycles. The van der Waals surface area contributed by atoms with Crippen LogP contribution < -0.4 is 10.6 Å². The second kappa shape index (κ2) is 7.51. The third-order valence-electron chi connectivity index (χ3n) is 4.68. The molecule has 1 heterocycles. The second-order valence-electron chi connectivity index (χ2n) is 6.63. The Kier molecular flexibility index (Phi) is 5.18. The zero-order valence-electron chi connectivity index (χ0n) is 14.5. The van der Waals surface area contributed by atoms with Gasteiger partial charge in [0.15, 0.2) is 0 Å². The zero-order chi connectivity index (χ0) is 16.9. The van der Waals surface area contributed by atoms with E-state index in [1.807, 2.05) is 26.4 Å². The first-order valence-electron chi connectivity index (χ1n) is 8.75. The van der Waals surface area contributed by atoms with Gasteiger partial charge in [-0.15, -0.1) is 0 Å². The molecule has 0 saturated heterocycles. The fourth-order valence-corrected chi connectivity index (χ4v) is 3.28. The number of aryl methyl sites for hydroxylation is 3. The van der Waals surface area contributed by atoms with E-state index in [4.69, 9.17) is 0 Å². The van der Waals surface area contributed by atoms with Crippen LogP contribution in [0.25, 0.3) is 0 Å². The Morgan fingerprint density at radius 3 is 2.83 bits per heavy atom. The highest BCUT2D eigenvalue weighted by atomic mass is 16.2. The lowest BCUT2D eigenvalue weighted by Crippen LogP contribution is -2.38. The largest absolute Gasteiger partial charge is 0.338 e. The van der Waals surface area contributed by atoms with E-state index in [9.17, 15) is 4.79 Å². The van der Waals surface area contributed by atoms with Crippen molar-refractivity contribution in [3.05, 3.63) is 52.8 Å². The standard InChI is InChI=1S/C19H26N4O/c1-14(17-8-7-16-5-3-4-6-18(16)11-17)22-19(24)20-10-9-15-12-21-23(2)13-15/h7-8,11-14H,3-6,9-10H2,1-2H3,(H2,20,22,24)/t14-/m0/s1. The molecular weight excluding hydrogens is 300 g/mol. The first-order chi connectivity index (χ1) is 11.6. The van der Waals surface area contributed by atoms with Gasteiger partial charge >= 0.3 is 6.03 Å². The minimum absolute atomic E-state index is 0.00983. The van der Waals surface area contributed by atoms with Gasteiger partial charge in [0.05, 0.1) is 12.2 Å². The van der Waals surface area contributed by atoms with Crippen LogP contribution in [0.3, 0.4) is 0 Å². The molecule has 24 heavy (non-hydrogen) atoms. The van der Waals surface area contributed by atoms with Crippen molar-refractivity contribution in [3.63, 3.8) is 0 Å². The maximum Gasteiger partial charge on any atom is 0.315 e. The van der Waals surface area contributed by atoms with Crippen molar-refractivity contribution < 1.29 is 4.79 Å². The first kappa shape index (κ1) is 16.6. The highest BCUT2D eigenvalue weighted by Gasteiger charge is 2.14. The fourth-order valence-electron chi connectivity index (χ4n) is 3.28. The van der Waals surface area contributed by atoms with Crippen molar-refractivity contribution >= 4 is 6.03 Å². The van der Waals surface area contributed by atoms with Crippen molar-refractivity contribution in [3.8, 4) is 0 Å². The molecule has 0 spiro atoms. The van der Waals surface area contributed by atoms with Gasteiger partial charge in [-0.05, 0) is 61.3 Å². The third kappa shape index (κ3) is 4.16. The predicted molar refractivity (Wildman–Crippen MR) is 94.9 cm³/mol. The van der Waals surface area contributed by atoms with Gasteiger partial charge < -0.3 is 10.6 Å². The van der Waals surface area contributed by atoms with Crippen molar-refractivity contribution in [2.45, 2.75) is 45.1 Å². The minimum Gasteiger partial charge on any atom is -0.338 e. The zero-order valence-corrected chi connectivity index (χ0v) is 14.5. The SMILES string of the molecule is C[C@H](NC(=O)NCCc1cnn(C)c1)c1ccc2c(c1)CCCC2. The average molecular weight is 326 g/mol. The number of nitrogens with zero attached hydrogens (tertiary/aromatic N) is 2. The Morgan fingerprint density at radius 2 is 2.08 bits per heavy atom. The van der Waals surface area contributed by atoms with Crippen LogP contribution in [0.1, 0.15) is 48.1 Å². The third-order valence-corrected chi connectivity index (χ3v) is 4.68. The first-order valence-corrected chi connectivity index (χ1v) is 8.75. The quantitative estimate of drug-likeness (QED) is 0.887. The number of nitrogens with one attached hydrogen (secondary N) is 2. The second-order valence-corrected chi connectivity index (χ2v) is 6.63. The Balaban J connectivity index is 1.48. The Labute approximate surface area is 143 Å². The Hall–Kier alpha value is -2.30. The lowest BCUT2D eigenvalue weighted by Gasteiger charge is -2.20. The molecule has 0 unspecified atom stereocenters. The van der Waals surface area contributed by atoms with Crippen molar-refractivity contribution in [2.75, 3.05) is 6.54 Å². The molecule has 2 aromatic rings. The summed E-state index contributed by atoms with van der Waals surface area (Å²) in [4.78, 5) is 12.1. The van der Waals surface area contributed by atoms with E-state index in [2.05, 4.69) is 33.9 Å². The molecule has 0 radical (unpaired) electrons. The molecule has 0 bridgehead atoms. The summed E-state index contributed by atoms with van der Waals surface area (Å²) in [5.74, 6) is 0. The molecule has 1 aliphatic rings. The lowest BCUT2D eigenvalue weighted by molar-refractivity contribution is 0.238. The van der Waals surface area contributed by atoms with E-state index in [1.54, 1.807) is 4.68 Å². The number of urea groups is 1. The summed E-state index contributed by atoms with van der Waals surface area (Å²) in [5.41, 5.74) is 5.22. The number of benzene rings is 1. The molecule has 128 valence electrons. The molecule has 1 aromatic heterocycles. The van der Waals surface area contributed by atoms with Crippen LogP contribution in [0.2, 0.25) is 0 Å². The molecule has 1 aromatic carbocycles. The van der Waals surface area contributed by atoms with Crippen molar-refractivity contribution in [1.29, 1.82) is 0 Å². The summed E-state index contributed by atoms with van der Waals surface area (Å²) in [6.45, 7) is 2.64. The lowest BCUT2D eigenvalue weighted by atomic mass is 9.89. The van der Waals surface area contributed by atoms with E-state index < -0.39 is 0 Å². The molecule has 5 nitrogen and oxygen atoms in total. The van der Waals surface area contributed by atoms with Gasteiger partial charge in [-0.2, -0.15) is 5.10 Å². The number of rotatable bonds is 5.